The van der Waals surface area contributed by atoms with Gasteiger partial charge in [-0.05, 0) is 24.3 Å². The van der Waals surface area contributed by atoms with Crippen molar-refractivity contribution >= 4 is 58.2 Å². The minimum absolute atomic E-state index is 0.0133. The van der Waals surface area contributed by atoms with Crippen molar-refractivity contribution in [1.82, 2.24) is 20.1 Å². The first kappa shape index (κ1) is 20.4. The lowest BCUT2D eigenvalue weighted by atomic mass is 10.0. The molecule has 0 aliphatic heterocycles. The van der Waals surface area contributed by atoms with Gasteiger partial charge in [-0.3, -0.25) is 9.59 Å². The highest BCUT2D eigenvalue weighted by molar-refractivity contribution is 6.37. The minimum atomic E-state index is -0.779. The van der Waals surface area contributed by atoms with E-state index < -0.39 is 11.8 Å². The zero-order chi connectivity index (χ0) is 20.6. The Morgan fingerprint density at radius 2 is 1.71 bits per heavy atom. The second-order valence-electron chi connectivity index (χ2n) is 5.54. The number of amides is 2. The monoisotopic (exact) mass is 457 g/mol. The summed E-state index contributed by atoms with van der Waals surface area (Å²) >= 11 is 24.4. The highest BCUT2D eigenvalue weighted by atomic mass is 35.5. The topological polar surface area (TPSA) is 103 Å². The third-order valence-corrected chi connectivity index (χ3v) is 4.73. The number of hydrogen-bond donors (Lipinski definition) is 2. The molecule has 28 heavy (non-hydrogen) atoms. The van der Waals surface area contributed by atoms with Gasteiger partial charge in [-0.15, -0.1) is 0 Å². The van der Waals surface area contributed by atoms with Gasteiger partial charge in [0.05, 0.1) is 26.3 Å². The van der Waals surface area contributed by atoms with Crippen molar-refractivity contribution in [2.24, 2.45) is 5.73 Å². The summed E-state index contributed by atoms with van der Waals surface area (Å²) in [6.07, 6.45) is 1.35. The molecule has 0 radical (unpaired) electrons. The smallest absolute Gasteiger partial charge is 0.267 e. The molecule has 7 nitrogen and oxygen atoms in total. The van der Waals surface area contributed by atoms with Crippen molar-refractivity contribution in [2.45, 2.75) is 0 Å². The zero-order valence-corrected chi connectivity index (χ0v) is 17.2. The Morgan fingerprint density at radius 3 is 2.32 bits per heavy atom. The summed E-state index contributed by atoms with van der Waals surface area (Å²) in [6, 6.07) is 5.73. The second-order valence-corrected chi connectivity index (χ2v) is 7.23. The van der Waals surface area contributed by atoms with Crippen LogP contribution in [0.25, 0.3) is 17.1 Å². The molecule has 0 spiro atoms. The molecule has 3 aromatic rings. The molecule has 11 heteroatoms. The quantitative estimate of drug-likeness (QED) is 0.616. The number of carbonyl (C=O) groups is 2. The zero-order valence-electron chi connectivity index (χ0n) is 14.1. The number of pyridine rings is 1. The maximum Gasteiger partial charge on any atom is 0.267 e. The number of primary amides is 1. The second kappa shape index (κ2) is 7.97. The van der Waals surface area contributed by atoms with Crippen LogP contribution >= 0.6 is 46.4 Å². The molecule has 1 aromatic carbocycles. The van der Waals surface area contributed by atoms with Crippen LogP contribution < -0.4 is 11.1 Å². The minimum Gasteiger partial charge on any atom is -0.364 e. The summed E-state index contributed by atoms with van der Waals surface area (Å²) in [5.41, 5.74) is 6.13. The van der Waals surface area contributed by atoms with Crippen molar-refractivity contribution in [3.05, 3.63) is 61.8 Å². The van der Waals surface area contributed by atoms with Crippen LogP contribution in [0.1, 0.15) is 20.8 Å². The van der Waals surface area contributed by atoms with Gasteiger partial charge in [0.25, 0.3) is 11.8 Å². The number of nitrogens with zero attached hydrogens (tertiary/aromatic N) is 3. The Hall–Kier alpha value is -2.32. The van der Waals surface area contributed by atoms with Gasteiger partial charge in [0.15, 0.2) is 5.82 Å². The lowest BCUT2D eigenvalue weighted by Gasteiger charge is -2.09. The van der Waals surface area contributed by atoms with Crippen molar-refractivity contribution in [3.8, 4) is 17.1 Å². The predicted molar refractivity (Wildman–Crippen MR) is 109 cm³/mol. The van der Waals surface area contributed by atoms with Crippen molar-refractivity contribution in [3.63, 3.8) is 0 Å². The number of rotatable bonds is 4. The summed E-state index contributed by atoms with van der Waals surface area (Å²) < 4.78 is 1.16. The Balaban J connectivity index is 2.29. The van der Waals surface area contributed by atoms with Gasteiger partial charge >= 0.3 is 0 Å². The van der Waals surface area contributed by atoms with Crippen LogP contribution in [0.4, 0.5) is 0 Å². The Kier molecular flexibility index (Phi) is 5.81. The molecule has 0 aliphatic rings. The molecule has 0 bridgehead atoms. The molecule has 2 heterocycles. The van der Waals surface area contributed by atoms with E-state index in [0.717, 1.165) is 4.68 Å². The standard InChI is InChI=1S/C17H11Cl4N5O2/c1-23-17(28)9-2-7(18)3-10(20)14(9)12-5-13(15(22)27)26(25-12)16-11(21)4-8(19)6-24-16/h2-6H,1H3,(H2,22,27)(H,23,28). The highest BCUT2D eigenvalue weighted by Gasteiger charge is 2.23. The van der Waals surface area contributed by atoms with E-state index in [9.17, 15) is 9.59 Å². The number of halogens is 4. The van der Waals surface area contributed by atoms with E-state index in [1.807, 2.05) is 0 Å². The molecule has 0 saturated heterocycles. The third kappa shape index (κ3) is 3.79. The first-order valence-electron chi connectivity index (χ1n) is 7.65. The van der Waals surface area contributed by atoms with Gasteiger partial charge in [-0.25, -0.2) is 9.67 Å². The molecule has 2 aromatic heterocycles. The van der Waals surface area contributed by atoms with Gasteiger partial charge in [0, 0.05) is 23.8 Å². The number of carbonyl (C=O) groups excluding carboxylic acids is 2. The molecule has 144 valence electrons. The highest BCUT2D eigenvalue weighted by Crippen LogP contribution is 2.35. The number of hydrogen-bond acceptors (Lipinski definition) is 4. The fourth-order valence-corrected chi connectivity index (χ4v) is 3.60. The van der Waals surface area contributed by atoms with E-state index in [2.05, 4.69) is 15.4 Å². The average Bonchev–Trinajstić information content (AvgIpc) is 3.05. The van der Waals surface area contributed by atoms with Crippen molar-refractivity contribution in [2.75, 3.05) is 7.05 Å². The van der Waals surface area contributed by atoms with Crippen molar-refractivity contribution in [1.29, 1.82) is 0 Å². The van der Waals surface area contributed by atoms with Crippen LogP contribution in [0.3, 0.4) is 0 Å². The maximum absolute atomic E-state index is 12.3. The number of benzene rings is 1. The van der Waals surface area contributed by atoms with E-state index in [1.54, 1.807) is 0 Å². The third-order valence-electron chi connectivity index (χ3n) is 3.73. The Labute approximate surface area is 179 Å². The fourth-order valence-electron chi connectivity index (χ4n) is 2.55. The molecule has 3 N–H and O–H groups in total. The van der Waals surface area contributed by atoms with Crippen LogP contribution in [-0.4, -0.2) is 33.6 Å². The van der Waals surface area contributed by atoms with E-state index in [-0.39, 0.29) is 43.4 Å². The normalized spacial score (nSPS) is 10.8. The SMILES string of the molecule is CNC(=O)c1cc(Cl)cc(Cl)c1-c1cc(C(N)=O)n(-c2ncc(Cl)cc2Cl)n1. The summed E-state index contributed by atoms with van der Waals surface area (Å²) in [4.78, 5) is 28.4. The Bertz CT molecular complexity index is 1110. The van der Waals surface area contributed by atoms with Crippen molar-refractivity contribution < 1.29 is 9.59 Å². The summed E-state index contributed by atoms with van der Waals surface area (Å²) in [7, 11) is 1.46. The lowest BCUT2D eigenvalue weighted by molar-refractivity contribution is 0.0961. The van der Waals surface area contributed by atoms with Gasteiger partial charge in [-0.2, -0.15) is 5.10 Å². The molecule has 2 amide bonds. The number of aromatic nitrogens is 3. The molecule has 3 rings (SSSR count). The van der Waals surface area contributed by atoms with Crippen LogP contribution in [0.5, 0.6) is 0 Å². The number of nitrogens with two attached hydrogens (primary N) is 1. The summed E-state index contributed by atoms with van der Waals surface area (Å²) in [5, 5.41) is 7.75. The average molecular weight is 459 g/mol. The molecule has 0 unspecified atom stereocenters. The van der Waals surface area contributed by atoms with E-state index >= 15 is 0 Å². The van der Waals surface area contributed by atoms with Gasteiger partial charge in [0.1, 0.15) is 5.69 Å². The molecular formula is C17H11Cl4N5O2. The van der Waals surface area contributed by atoms with Gasteiger partial charge in [0.2, 0.25) is 0 Å². The van der Waals surface area contributed by atoms with E-state index in [1.165, 1.54) is 37.5 Å². The van der Waals surface area contributed by atoms with Crippen LogP contribution in [-0.2, 0) is 0 Å². The predicted octanol–water partition coefficient (Wildman–Crippen LogP) is 4.01. The summed E-state index contributed by atoms with van der Waals surface area (Å²) in [5.74, 6) is -1.08. The molecule has 0 saturated carbocycles. The maximum atomic E-state index is 12.3. The van der Waals surface area contributed by atoms with Gasteiger partial charge < -0.3 is 11.1 Å². The van der Waals surface area contributed by atoms with Gasteiger partial charge in [-0.1, -0.05) is 46.4 Å². The summed E-state index contributed by atoms with van der Waals surface area (Å²) in [6.45, 7) is 0. The van der Waals surface area contributed by atoms with Crippen LogP contribution in [0, 0.1) is 0 Å². The van der Waals surface area contributed by atoms with E-state index in [4.69, 9.17) is 52.1 Å². The molecule has 0 aliphatic carbocycles. The van der Waals surface area contributed by atoms with E-state index in [0.29, 0.717) is 5.02 Å². The van der Waals surface area contributed by atoms with Crippen LogP contribution in [0.15, 0.2) is 30.5 Å². The lowest BCUT2D eigenvalue weighted by Crippen LogP contribution is -2.19. The largest absolute Gasteiger partial charge is 0.364 e. The van der Waals surface area contributed by atoms with Crippen LogP contribution in [0.2, 0.25) is 20.1 Å². The molecule has 0 atom stereocenters. The number of nitrogens with one attached hydrogen (secondary N) is 1. The molecular weight excluding hydrogens is 448 g/mol. The molecule has 0 fully saturated rings. The first-order chi connectivity index (χ1) is 13.2. The Morgan fingerprint density at radius 1 is 1.04 bits per heavy atom. The fraction of sp³-hybridized carbons (Fsp3) is 0.0588. The first-order valence-corrected chi connectivity index (χ1v) is 9.17.